The average Bonchev–Trinajstić information content (AvgIpc) is 3.05. The molecule has 9 nitrogen and oxygen atoms in total. The van der Waals surface area contributed by atoms with E-state index in [2.05, 4.69) is 5.32 Å². The van der Waals surface area contributed by atoms with E-state index >= 15 is 0 Å². The Bertz CT molecular complexity index is 1030. The lowest BCUT2D eigenvalue weighted by molar-refractivity contribution is -0.304. The van der Waals surface area contributed by atoms with Gasteiger partial charge in [0.05, 0.1) is 32.3 Å². The fraction of sp³-hybridized carbons (Fsp3) is 0.190. The summed E-state index contributed by atoms with van der Waals surface area (Å²) in [6.45, 7) is -1.00. The number of aliphatic carboxylic acids is 1. The molecule has 2 aromatic rings. The number of carbonyl (C=O) groups is 3. The van der Waals surface area contributed by atoms with Gasteiger partial charge in [0.1, 0.15) is 23.0 Å². The largest absolute Gasteiger partial charge is 0.548 e. The van der Waals surface area contributed by atoms with Gasteiger partial charge in [0.15, 0.2) is 12.4 Å². The maximum atomic E-state index is 12.6. The molecule has 156 valence electrons. The van der Waals surface area contributed by atoms with Gasteiger partial charge in [-0.05, 0) is 36.4 Å². The summed E-state index contributed by atoms with van der Waals surface area (Å²) >= 11 is 0. The van der Waals surface area contributed by atoms with E-state index in [4.69, 9.17) is 18.9 Å². The second-order valence-corrected chi connectivity index (χ2v) is 6.14. The van der Waals surface area contributed by atoms with E-state index in [9.17, 15) is 19.5 Å². The van der Waals surface area contributed by atoms with E-state index in [1.54, 1.807) is 24.3 Å². The number of allylic oxidation sites excluding steroid dienone is 1. The van der Waals surface area contributed by atoms with Crippen molar-refractivity contribution in [3.05, 3.63) is 53.3 Å². The maximum absolute atomic E-state index is 12.6. The molecule has 1 N–H and O–H groups in total. The highest BCUT2D eigenvalue weighted by Crippen LogP contribution is 2.36. The van der Waals surface area contributed by atoms with Gasteiger partial charge < -0.3 is 34.2 Å². The quantitative estimate of drug-likeness (QED) is 0.624. The van der Waals surface area contributed by atoms with Crippen LogP contribution in [0, 0.1) is 0 Å². The molecule has 1 aliphatic heterocycles. The third kappa shape index (κ3) is 4.69. The van der Waals surface area contributed by atoms with Crippen molar-refractivity contribution in [1.82, 2.24) is 5.32 Å². The number of carbonyl (C=O) groups excluding carboxylic acids is 3. The van der Waals surface area contributed by atoms with Crippen LogP contribution in [-0.4, -0.2) is 45.0 Å². The fourth-order valence-corrected chi connectivity index (χ4v) is 2.72. The molecule has 0 fully saturated rings. The Morgan fingerprint density at radius 3 is 2.57 bits per heavy atom. The summed E-state index contributed by atoms with van der Waals surface area (Å²) in [6.07, 6.45) is 1.55. The molecule has 3 rings (SSSR count). The van der Waals surface area contributed by atoms with Gasteiger partial charge in [0.2, 0.25) is 5.78 Å². The average molecular weight is 412 g/mol. The minimum absolute atomic E-state index is 0.0976. The molecule has 30 heavy (non-hydrogen) atoms. The van der Waals surface area contributed by atoms with Crippen LogP contribution in [0.2, 0.25) is 0 Å². The Labute approximate surface area is 171 Å². The van der Waals surface area contributed by atoms with Gasteiger partial charge in [0, 0.05) is 11.6 Å². The van der Waals surface area contributed by atoms with Crippen LogP contribution < -0.4 is 29.4 Å². The number of Topliss-reactive ketones (excluding diaryl/α,β-unsaturated/α-hetero) is 1. The first-order valence-electron chi connectivity index (χ1n) is 8.81. The zero-order valence-corrected chi connectivity index (χ0v) is 16.2. The zero-order chi connectivity index (χ0) is 21.7. The first-order valence-corrected chi connectivity index (χ1v) is 8.81. The monoisotopic (exact) mass is 412 g/mol. The summed E-state index contributed by atoms with van der Waals surface area (Å²) in [5.74, 6) is -0.540. The Morgan fingerprint density at radius 1 is 1.10 bits per heavy atom. The normalized spacial score (nSPS) is 13.4. The molecule has 1 heterocycles. The number of ketones is 1. The summed E-state index contributed by atoms with van der Waals surface area (Å²) in [6, 6.07) is 9.68. The van der Waals surface area contributed by atoms with Crippen molar-refractivity contribution in [2.45, 2.75) is 0 Å². The molecule has 0 unspecified atom stereocenters. The molecule has 0 atom stereocenters. The summed E-state index contributed by atoms with van der Waals surface area (Å²) in [4.78, 5) is 34.5. The van der Waals surface area contributed by atoms with Gasteiger partial charge in [-0.3, -0.25) is 9.59 Å². The van der Waals surface area contributed by atoms with Crippen LogP contribution in [0.1, 0.15) is 15.9 Å². The van der Waals surface area contributed by atoms with Crippen LogP contribution in [0.5, 0.6) is 23.0 Å². The van der Waals surface area contributed by atoms with E-state index in [-0.39, 0.29) is 23.0 Å². The van der Waals surface area contributed by atoms with Crippen molar-refractivity contribution in [1.29, 1.82) is 0 Å². The van der Waals surface area contributed by atoms with Crippen LogP contribution in [0.3, 0.4) is 0 Å². The smallest absolute Gasteiger partial charge is 0.258 e. The SMILES string of the molecule is COc1ccc(OC)c(/C=C2\Oc3cc(OCC(=O)NCC(=O)[O-])ccc3C2=O)c1. The standard InChI is InChI=1S/C21H19NO8/c1-27-13-4-6-16(28-2)12(7-13)8-18-21(26)15-5-3-14(9-17(15)30-18)29-11-19(23)22-10-20(24)25/h3-9H,10-11H2,1-2H3,(H,22,23)(H,24,25)/p-1/b18-8-. The van der Waals surface area contributed by atoms with Crippen LogP contribution in [0.15, 0.2) is 42.2 Å². The van der Waals surface area contributed by atoms with E-state index in [0.29, 0.717) is 22.6 Å². The third-order valence-corrected chi connectivity index (χ3v) is 4.16. The van der Waals surface area contributed by atoms with Crippen LogP contribution in [0.4, 0.5) is 0 Å². The Kier molecular flexibility index (Phi) is 6.21. The number of ether oxygens (including phenoxy) is 4. The number of benzene rings is 2. The highest BCUT2D eigenvalue weighted by atomic mass is 16.5. The molecule has 0 spiro atoms. The highest BCUT2D eigenvalue weighted by Gasteiger charge is 2.28. The van der Waals surface area contributed by atoms with Crippen LogP contribution in [0.25, 0.3) is 6.08 Å². The number of amides is 1. The second-order valence-electron chi connectivity index (χ2n) is 6.14. The van der Waals surface area contributed by atoms with Crippen molar-refractivity contribution in [3.8, 4) is 23.0 Å². The molecule has 0 radical (unpaired) electrons. The molecule has 2 aromatic carbocycles. The number of methoxy groups -OCH3 is 2. The molecule has 0 saturated carbocycles. The lowest BCUT2D eigenvalue weighted by Gasteiger charge is -2.09. The summed E-state index contributed by atoms with van der Waals surface area (Å²) < 4.78 is 21.5. The fourth-order valence-electron chi connectivity index (χ4n) is 2.72. The Morgan fingerprint density at radius 2 is 1.87 bits per heavy atom. The van der Waals surface area contributed by atoms with E-state index in [1.165, 1.54) is 32.4 Å². The van der Waals surface area contributed by atoms with Crippen LogP contribution in [-0.2, 0) is 9.59 Å². The lowest BCUT2D eigenvalue weighted by Crippen LogP contribution is -2.39. The van der Waals surface area contributed by atoms with Crippen LogP contribution >= 0.6 is 0 Å². The predicted octanol–water partition coefficient (Wildman–Crippen LogP) is 0.565. The summed E-state index contributed by atoms with van der Waals surface area (Å²) in [5.41, 5.74) is 0.950. The van der Waals surface area contributed by atoms with Gasteiger partial charge in [-0.25, -0.2) is 0 Å². The first kappa shape index (κ1) is 20.7. The van der Waals surface area contributed by atoms with Gasteiger partial charge in [0.25, 0.3) is 5.91 Å². The summed E-state index contributed by atoms with van der Waals surface area (Å²) in [5, 5.41) is 12.5. The molecule has 0 aromatic heterocycles. The van der Waals surface area contributed by atoms with E-state index in [1.807, 2.05) is 0 Å². The minimum Gasteiger partial charge on any atom is -0.548 e. The van der Waals surface area contributed by atoms with Gasteiger partial charge in [-0.15, -0.1) is 0 Å². The molecular formula is C21H18NO8-. The third-order valence-electron chi connectivity index (χ3n) is 4.16. The highest BCUT2D eigenvalue weighted by molar-refractivity contribution is 6.14. The topological polar surface area (TPSA) is 123 Å². The predicted molar refractivity (Wildman–Crippen MR) is 102 cm³/mol. The molecule has 0 saturated heterocycles. The number of carboxylic acid groups (broad SMARTS) is 1. The van der Waals surface area contributed by atoms with Crippen molar-refractivity contribution in [2.75, 3.05) is 27.4 Å². The van der Waals surface area contributed by atoms with Gasteiger partial charge in [-0.2, -0.15) is 0 Å². The molecule has 1 aliphatic rings. The lowest BCUT2D eigenvalue weighted by atomic mass is 10.1. The molecule has 0 aliphatic carbocycles. The number of nitrogens with one attached hydrogen (secondary N) is 1. The number of fused-ring (bicyclic) bond motifs is 1. The van der Waals surface area contributed by atoms with Gasteiger partial charge in [-0.1, -0.05) is 0 Å². The summed E-state index contributed by atoms with van der Waals surface area (Å²) in [7, 11) is 3.05. The Balaban J connectivity index is 1.75. The van der Waals surface area contributed by atoms with Gasteiger partial charge >= 0.3 is 0 Å². The molecular weight excluding hydrogens is 394 g/mol. The number of hydrogen-bond acceptors (Lipinski definition) is 8. The van der Waals surface area contributed by atoms with Crippen molar-refractivity contribution >= 4 is 23.7 Å². The van der Waals surface area contributed by atoms with E-state index in [0.717, 1.165) is 0 Å². The number of carboxylic acids is 1. The van der Waals surface area contributed by atoms with Crippen molar-refractivity contribution < 1.29 is 38.4 Å². The minimum atomic E-state index is -1.40. The van der Waals surface area contributed by atoms with E-state index < -0.39 is 25.0 Å². The molecule has 1 amide bonds. The molecule has 0 bridgehead atoms. The maximum Gasteiger partial charge on any atom is 0.258 e. The number of rotatable bonds is 8. The van der Waals surface area contributed by atoms with Crippen molar-refractivity contribution in [3.63, 3.8) is 0 Å². The number of hydrogen-bond donors (Lipinski definition) is 1. The second kappa shape index (κ2) is 8.99. The first-order chi connectivity index (χ1) is 14.4. The van der Waals surface area contributed by atoms with Crippen molar-refractivity contribution in [2.24, 2.45) is 0 Å². The zero-order valence-electron chi connectivity index (χ0n) is 16.2. The molecule has 9 heteroatoms. The Hall–Kier alpha value is -4.01.